The molecule has 0 spiro atoms. The maximum absolute atomic E-state index is 12.6. The van der Waals surface area contributed by atoms with Gasteiger partial charge >= 0.3 is 11.9 Å². The van der Waals surface area contributed by atoms with Gasteiger partial charge < -0.3 is 20.9 Å². The molecule has 0 aliphatic rings. The summed E-state index contributed by atoms with van der Waals surface area (Å²) < 4.78 is 5.92. The number of hydrogen-bond donors (Lipinski definition) is 3. The van der Waals surface area contributed by atoms with E-state index in [1.54, 1.807) is 0 Å². The third-order valence-electron chi connectivity index (χ3n) is 9.46. The van der Waals surface area contributed by atoms with E-state index < -0.39 is 12.0 Å². The molecule has 2 atom stereocenters. The lowest BCUT2D eigenvalue weighted by atomic mass is 10.0. The second-order valence-corrected chi connectivity index (χ2v) is 14.4. The average Bonchev–Trinajstić information content (AvgIpc) is 3.11. The number of unbranched alkanes of at least 4 members (excludes halogenated alkanes) is 18. The van der Waals surface area contributed by atoms with Gasteiger partial charge in [0, 0.05) is 12.8 Å². The van der Waals surface area contributed by atoms with Gasteiger partial charge in [-0.3, -0.25) is 9.59 Å². The molecule has 0 radical (unpaired) electrons. The van der Waals surface area contributed by atoms with E-state index in [4.69, 9.17) is 10.5 Å². The average molecular weight is 717 g/mol. The third kappa shape index (κ3) is 35.8. The van der Waals surface area contributed by atoms with Gasteiger partial charge in [0.25, 0.3) is 0 Å². The van der Waals surface area contributed by atoms with Crippen LogP contribution in [0, 0.1) is 0 Å². The maximum atomic E-state index is 12.6. The van der Waals surface area contributed by atoms with Gasteiger partial charge in [-0.25, -0.2) is 4.79 Å². The zero-order valence-electron chi connectivity index (χ0n) is 33.2. The Morgan fingerprint density at radius 2 is 1.02 bits per heavy atom. The lowest BCUT2D eigenvalue weighted by molar-refractivity contribution is -0.150. The standard InChI is InChI=1S/C44H80N2O5/c1-3-5-7-9-10-11-12-13-14-15-16-17-18-19-20-21-22-23-24-25-26-27-32-38-43(48)51-40(34-29-8-6-4-2)35-30-28-31-37-42(47)46-41(44(49)50)36-33-39-45/h12-13,15-16,18-19,40-41H,3-11,14,17,20-39,45H2,1-2H3,(H,46,47)(H,49,50)/b13-12-,16-15-,19-18-. The van der Waals surface area contributed by atoms with Gasteiger partial charge in [-0.05, 0) is 96.4 Å². The van der Waals surface area contributed by atoms with Crippen LogP contribution in [0.4, 0.5) is 0 Å². The Kier molecular flexibility index (Phi) is 37.0. The smallest absolute Gasteiger partial charge is 0.326 e. The lowest BCUT2D eigenvalue weighted by Gasteiger charge is -2.18. The van der Waals surface area contributed by atoms with Crippen molar-refractivity contribution in [2.24, 2.45) is 5.73 Å². The molecule has 51 heavy (non-hydrogen) atoms. The summed E-state index contributed by atoms with van der Waals surface area (Å²) in [5.41, 5.74) is 5.47. The van der Waals surface area contributed by atoms with Crippen molar-refractivity contribution in [2.45, 2.75) is 219 Å². The molecule has 0 aliphatic carbocycles. The fraction of sp³-hybridized carbons (Fsp3) is 0.795. The van der Waals surface area contributed by atoms with Crippen LogP contribution >= 0.6 is 0 Å². The van der Waals surface area contributed by atoms with Gasteiger partial charge in [0.1, 0.15) is 12.1 Å². The van der Waals surface area contributed by atoms with Gasteiger partial charge in [0.2, 0.25) is 5.91 Å². The first kappa shape index (κ1) is 48.6. The maximum Gasteiger partial charge on any atom is 0.326 e. The highest BCUT2D eigenvalue weighted by Crippen LogP contribution is 2.18. The van der Waals surface area contributed by atoms with E-state index in [9.17, 15) is 19.5 Å². The Balaban J connectivity index is 3.94. The highest BCUT2D eigenvalue weighted by Gasteiger charge is 2.19. The van der Waals surface area contributed by atoms with Crippen LogP contribution in [-0.4, -0.2) is 41.6 Å². The van der Waals surface area contributed by atoms with Crippen LogP contribution in [0.1, 0.15) is 206 Å². The highest BCUT2D eigenvalue weighted by molar-refractivity contribution is 5.83. The Labute approximate surface area is 314 Å². The SMILES string of the molecule is CCCCCCC/C=C\C/C=C\C/C=C\CCCCCCCCCCC(=O)OC(CCCCCC)CCCCCC(=O)NC(CCCN)C(=O)O. The fourth-order valence-corrected chi connectivity index (χ4v) is 6.22. The largest absolute Gasteiger partial charge is 0.480 e. The normalized spacial score (nSPS) is 13.0. The van der Waals surface area contributed by atoms with E-state index >= 15 is 0 Å². The number of nitrogens with one attached hydrogen (secondary N) is 1. The summed E-state index contributed by atoms with van der Waals surface area (Å²) in [6.45, 7) is 4.86. The van der Waals surface area contributed by atoms with Gasteiger partial charge in [-0.1, -0.05) is 140 Å². The molecule has 0 saturated heterocycles. The molecular weight excluding hydrogens is 636 g/mol. The van der Waals surface area contributed by atoms with Crippen LogP contribution in [0.5, 0.6) is 0 Å². The molecule has 0 aliphatic heterocycles. The Hall–Kier alpha value is -2.41. The molecular formula is C44H80N2O5. The Morgan fingerprint density at radius 1 is 0.569 bits per heavy atom. The fourth-order valence-electron chi connectivity index (χ4n) is 6.22. The molecule has 7 nitrogen and oxygen atoms in total. The molecule has 0 bridgehead atoms. The number of carboxylic acids is 1. The topological polar surface area (TPSA) is 119 Å². The minimum Gasteiger partial charge on any atom is -0.480 e. The van der Waals surface area contributed by atoms with Crippen molar-refractivity contribution in [3.63, 3.8) is 0 Å². The van der Waals surface area contributed by atoms with Crippen LogP contribution in [0.3, 0.4) is 0 Å². The van der Waals surface area contributed by atoms with Crippen molar-refractivity contribution in [1.82, 2.24) is 5.32 Å². The van der Waals surface area contributed by atoms with E-state index in [2.05, 4.69) is 55.6 Å². The summed E-state index contributed by atoms with van der Waals surface area (Å²) in [5.74, 6) is -1.32. The summed E-state index contributed by atoms with van der Waals surface area (Å²) in [6, 6.07) is -0.874. The molecule has 2 unspecified atom stereocenters. The number of hydrogen-bond acceptors (Lipinski definition) is 5. The predicted molar refractivity (Wildman–Crippen MR) is 216 cm³/mol. The number of carbonyl (C=O) groups is 3. The minimum atomic E-state index is -1.02. The van der Waals surface area contributed by atoms with Gasteiger partial charge in [-0.15, -0.1) is 0 Å². The first-order chi connectivity index (χ1) is 24.9. The summed E-state index contributed by atoms with van der Waals surface area (Å²) >= 11 is 0. The molecule has 0 aromatic heterocycles. The summed E-state index contributed by atoms with van der Waals surface area (Å²) in [5, 5.41) is 11.9. The molecule has 296 valence electrons. The molecule has 0 aromatic carbocycles. The van der Waals surface area contributed by atoms with Gasteiger partial charge in [-0.2, -0.15) is 0 Å². The van der Waals surface area contributed by atoms with E-state index in [0.29, 0.717) is 38.6 Å². The summed E-state index contributed by atoms with van der Waals surface area (Å²) in [6.07, 6.45) is 45.0. The van der Waals surface area contributed by atoms with E-state index in [0.717, 1.165) is 64.2 Å². The van der Waals surface area contributed by atoms with Crippen molar-refractivity contribution in [1.29, 1.82) is 0 Å². The van der Waals surface area contributed by atoms with Crippen molar-refractivity contribution >= 4 is 17.8 Å². The van der Waals surface area contributed by atoms with Crippen molar-refractivity contribution in [2.75, 3.05) is 6.54 Å². The van der Waals surface area contributed by atoms with Crippen LogP contribution in [0.25, 0.3) is 0 Å². The lowest BCUT2D eigenvalue weighted by Crippen LogP contribution is -2.40. The van der Waals surface area contributed by atoms with E-state index in [1.165, 1.54) is 96.3 Å². The van der Waals surface area contributed by atoms with Gasteiger partial charge in [0.15, 0.2) is 0 Å². The number of rotatable bonds is 38. The molecule has 0 fully saturated rings. The van der Waals surface area contributed by atoms with Gasteiger partial charge in [0.05, 0.1) is 0 Å². The number of carboxylic acid groups (broad SMARTS) is 1. The van der Waals surface area contributed by atoms with Crippen molar-refractivity contribution < 1.29 is 24.2 Å². The third-order valence-corrected chi connectivity index (χ3v) is 9.46. The number of ether oxygens (including phenoxy) is 1. The number of esters is 1. The second-order valence-electron chi connectivity index (χ2n) is 14.4. The van der Waals surface area contributed by atoms with Crippen LogP contribution in [0.2, 0.25) is 0 Å². The molecule has 7 heteroatoms. The number of nitrogens with two attached hydrogens (primary N) is 1. The van der Waals surface area contributed by atoms with E-state index in [1.807, 2.05) is 0 Å². The zero-order valence-corrected chi connectivity index (χ0v) is 33.2. The van der Waals surface area contributed by atoms with Crippen molar-refractivity contribution in [3.05, 3.63) is 36.5 Å². The monoisotopic (exact) mass is 717 g/mol. The summed E-state index contributed by atoms with van der Waals surface area (Å²) in [7, 11) is 0. The number of amides is 1. The molecule has 0 saturated carbocycles. The molecule has 0 rings (SSSR count). The van der Waals surface area contributed by atoms with Crippen LogP contribution in [-0.2, 0) is 19.1 Å². The number of aliphatic carboxylic acids is 1. The Morgan fingerprint density at radius 3 is 1.55 bits per heavy atom. The second kappa shape index (κ2) is 38.8. The molecule has 1 amide bonds. The molecule has 0 aromatic rings. The highest BCUT2D eigenvalue weighted by atomic mass is 16.5. The summed E-state index contributed by atoms with van der Waals surface area (Å²) in [4.78, 5) is 36.2. The molecule has 0 heterocycles. The van der Waals surface area contributed by atoms with Crippen molar-refractivity contribution in [3.8, 4) is 0 Å². The quantitative estimate of drug-likeness (QED) is 0.0332. The predicted octanol–water partition coefficient (Wildman–Crippen LogP) is 11.8. The number of carbonyl (C=O) groups excluding carboxylic acids is 2. The Bertz CT molecular complexity index is 900. The first-order valence-corrected chi connectivity index (χ1v) is 21.3. The number of allylic oxidation sites excluding steroid dienone is 6. The van der Waals surface area contributed by atoms with Crippen LogP contribution in [0.15, 0.2) is 36.5 Å². The van der Waals surface area contributed by atoms with Crippen LogP contribution < -0.4 is 11.1 Å². The first-order valence-electron chi connectivity index (χ1n) is 21.3. The minimum absolute atomic E-state index is 0.0518. The molecule has 4 N–H and O–H groups in total. The zero-order chi connectivity index (χ0) is 37.5. The van der Waals surface area contributed by atoms with E-state index in [-0.39, 0.29) is 18.0 Å².